The molecule has 0 aliphatic carbocycles. The summed E-state index contributed by atoms with van der Waals surface area (Å²) in [5, 5.41) is -0.0590. The average molecular weight is 480 g/mol. The van der Waals surface area contributed by atoms with Gasteiger partial charge in [-0.1, -0.05) is 48.5 Å². The van der Waals surface area contributed by atoms with Crippen LogP contribution in [0.15, 0.2) is 71.5 Å². The number of methoxy groups -OCH3 is 2. The van der Waals surface area contributed by atoms with E-state index in [0.717, 1.165) is 0 Å². The Labute approximate surface area is 195 Å². The molecule has 0 aliphatic heterocycles. The maximum atomic E-state index is 14.0. The van der Waals surface area contributed by atoms with Crippen molar-refractivity contribution in [2.24, 2.45) is 0 Å². The fraction of sp³-hybridized carbons (Fsp3) is 0.125. The van der Waals surface area contributed by atoms with E-state index in [0.29, 0.717) is 5.56 Å². The van der Waals surface area contributed by atoms with Crippen LogP contribution < -0.4 is 10.3 Å². The zero-order valence-electron chi connectivity index (χ0n) is 18.3. The van der Waals surface area contributed by atoms with Gasteiger partial charge in [-0.2, -0.15) is 8.42 Å². The fourth-order valence-corrected chi connectivity index (χ4v) is 4.40. The van der Waals surface area contributed by atoms with E-state index in [4.69, 9.17) is 9.47 Å². The van der Waals surface area contributed by atoms with Gasteiger partial charge in [0.05, 0.1) is 30.9 Å². The minimum atomic E-state index is -4.46. The molecule has 0 bridgehead atoms. The molecule has 4 rings (SSSR count). The smallest absolute Gasteiger partial charge is 0.339 e. The number of fused-ring (bicyclic) bond motifs is 1. The molecular formula is C24H20N2O7S. The van der Waals surface area contributed by atoms with Crippen molar-refractivity contribution in [3.05, 3.63) is 88.2 Å². The molecule has 9 nitrogen and oxygen atoms in total. The molecular weight excluding hydrogens is 460 g/mol. The molecule has 0 unspecified atom stereocenters. The average Bonchev–Trinajstić information content (AvgIpc) is 2.83. The topological polar surface area (TPSA) is 125 Å². The number of carbonyl (C=O) groups excluding carboxylic acids is 1. The highest BCUT2D eigenvalue weighted by Crippen LogP contribution is 2.30. The van der Waals surface area contributed by atoms with Crippen LogP contribution in [0.2, 0.25) is 0 Å². The summed E-state index contributed by atoms with van der Waals surface area (Å²) in [5.41, 5.74) is 0.415. The molecule has 1 N–H and O–H groups in total. The summed E-state index contributed by atoms with van der Waals surface area (Å²) in [6.45, 7) is 0. The number of ether oxygens (including phenoxy) is 2. The van der Waals surface area contributed by atoms with E-state index < -0.39 is 27.4 Å². The van der Waals surface area contributed by atoms with Crippen LogP contribution in [0.25, 0.3) is 28.0 Å². The van der Waals surface area contributed by atoms with E-state index >= 15 is 0 Å². The Bertz CT molecular complexity index is 1560. The van der Waals surface area contributed by atoms with Gasteiger partial charge in [-0.3, -0.25) is 13.9 Å². The van der Waals surface area contributed by atoms with Gasteiger partial charge in [0, 0.05) is 5.56 Å². The van der Waals surface area contributed by atoms with Crippen molar-refractivity contribution in [3.63, 3.8) is 0 Å². The number of benzene rings is 3. The van der Waals surface area contributed by atoms with Crippen LogP contribution in [0.1, 0.15) is 15.9 Å². The zero-order valence-corrected chi connectivity index (χ0v) is 19.1. The van der Waals surface area contributed by atoms with Crippen LogP contribution >= 0.6 is 0 Å². The van der Waals surface area contributed by atoms with Crippen LogP contribution in [-0.4, -0.2) is 42.7 Å². The Balaban J connectivity index is 2.21. The van der Waals surface area contributed by atoms with Crippen LogP contribution in [0.3, 0.4) is 0 Å². The van der Waals surface area contributed by atoms with Gasteiger partial charge in [-0.25, -0.2) is 9.78 Å². The number of nitrogens with zero attached hydrogens (tertiary/aromatic N) is 2. The van der Waals surface area contributed by atoms with E-state index in [1.165, 1.54) is 37.0 Å². The molecule has 10 heteroatoms. The van der Waals surface area contributed by atoms with Crippen molar-refractivity contribution in [1.29, 1.82) is 0 Å². The van der Waals surface area contributed by atoms with Crippen molar-refractivity contribution in [2.45, 2.75) is 5.75 Å². The van der Waals surface area contributed by atoms with Gasteiger partial charge in [0.1, 0.15) is 22.8 Å². The predicted octanol–water partition coefficient (Wildman–Crippen LogP) is 3.24. The highest BCUT2D eigenvalue weighted by Gasteiger charge is 2.24. The number of carbonyl (C=O) groups is 1. The lowest BCUT2D eigenvalue weighted by Crippen LogP contribution is -2.25. The van der Waals surface area contributed by atoms with Crippen molar-refractivity contribution < 1.29 is 27.2 Å². The third-order valence-electron chi connectivity index (χ3n) is 5.21. The highest BCUT2D eigenvalue weighted by molar-refractivity contribution is 7.85. The van der Waals surface area contributed by atoms with E-state index in [1.807, 2.05) is 0 Å². The van der Waals surface area contributed by atoms with E-state index in [1.54, 1.807) is 48.5 Å². The summed E-state index contributed by atoms with van der Waals surface area (Å²) in [5.74, 6) is -1.01. The Morgan fingerprint density at radius 1 is 1.00 bits per heavy atom. The number of esters is 1. The number of hydrogen-bond acceptors (Lipinski definition) is 7. The second-order valence-corrected chi connectivity index (χ2v) is 8.78. The summed E-state index contributed by atoms with van der Waals surface area (Å²) >= 11 is 0. The van der Waals surface area contributed by atoms with Crippen LogP contribution in [-0.2, 0) is 20.6 Å². The van der Waals surface area contributed by atoms with Crippen LogP contribution in [0, 0.1) is 0 Å². The Morgan fingerprint density at radius 2 is 1.68 bits per heavy atom. The zero-order chi connectivity index (χ0) is 24.5. The molecule has 1 heterocycles. The maximum absolute atomic E-state index is 14.0. The number of hydrogen-bond donors (Lipinski definition) is 1. The normalized spacial score (nSPS) is 11.4. The summed E-state index contributed by atoms with van der Waals surface area (Å²) in [6.07, 6.45) is 0. The van der Waals surface area contributed by atoms with Gasteiger partial charge in [0.15, 0.2) is 0 Å². The molecule has 0 amide bonds. The largest absolute Gasteiger partial charge is 0.494 e. The fourth-order valence-electron chi connectivity index (χ4n) is 3.76. The molecule has 0 saturated heterocycles. The molecule has 3 aromatic carbocycles. The first-order valence-electron chi connectivity index (χ1n) is 10.1. The molecule has 4 aromatic rings. The van der Waals surface area contributed by atoms with Crippen molar-refractivity contribution >= 4 is 27.0 Å². The molecule has 0 spiro atoms. The SMILES string of the molecule is COC(=O)c1ccccc1-n1c(-c2ccccc2)nc2c(OC)ccc(CS(=O)(=O)O)c2c1=O. The maximum Gasteiger partial charge on any atom is 0.339 e. The highest BCUT2D eigenvalue weighted by atomic mass is 32.2. The van der Waals surface area contributed by atoms with E-state index in [-0.39, 0.29) is 39.3 Å². The molecule has 174 valence electrons. The van der Waals surface area contributed by atoms with Crippen LogP contribution in [0.5, 0.6) is 5.75 Å². The summed E-state index contributed by atoms with van der Waals surface area (Å²) < 4.78 is 44.3. The van der Waals surface area contributed by atoms with Crippen LogP contribution in [0.4, 0.5) is 0 Å². The van der Waals surface area contributed by atoms with Gasteiger partial charge in [0.2, 0.25) is 0 Å². The molecule has 0 atom stereocenters. The third kappa shape index (κ3) is 4.28. The van der Waals surface area contributed by atoms with Crippen molar-refractivity contribution in [2.75, 3.05) is 14.2 Å². The van der Waals surface area contributed by atoms with Crippen molar-refractivity contribution in [1.82, 2.24) is 9.55 Å². The second kappa shape index (κ2) is 9.08. The first kappa shape index (κ1) is 23.1. The number of rotatable bonds is 6. The van der Waals surface area contributed by atoms with Gasteiger partial charge >= 0.3 is 5.97 Å². The molecule has 0 saturated carbocycles. The Kier molecular flexibility index (Phi) is 6.18. The lowest BCUT2D eigenvalue weighted by molar-refractivity contribution is 0.0600. The van der Waals surface area contributed by atoms with Crippen molar-refractivity contribution in [3.8, 4) is 22.8 Å². The summed E-state index contributed by atoms with van der Waals surface area (Å²) in [6, 6.07) is 18.1. The van der Waals surface area contributed by atoms with E-state index in [2.05, 4.69) is 4.98 Å². The molecule has 34 heavy (non-hydrogen) atoms. The number of aromatic nitrogens is 2. The van der Waals surface area contributed by atoms with E-state index in [9.17, 15) is 22.6 Å². The van der Waals surface area contributed by atoms with Gasteiger partial charge in [-0.15, -0.1) is 0 Å². The summed E-state index contributed by atoms with van der Waals surface area (Å²) in [7, 11) is -1.83. The predicted molar refractivity (Wildman–Crippen MR) is 126 cm³/mol. The quantitative estimate of drug-likeness (QED) is 0.329. The monoisotopic (exact) mass is 480 g/mol. The minimum absolute atomic E-state index is 0.0414. The Hall–Kier alpha value is -4.02. The third-order valence-corrected chi connectivity index (χ3v) is 5.89. The van der Waals surface area contributed by atoms with Gasteiger partial charge < -0.3 is 9.47 Å². The molecule has 0 radical (unpaired) electrons. The molecule has 1 aromatic heterocycles. The number of para-hydroxylation sites is 1. The second-order valence-electron chi connectivity index (χ2n) is 7.33. The first-order valence-corrected chi connectivity index (χ1v) is 11.7. The Morgan fingerprint density at radius 3 is 2.32 bits per heavy atom. The standard InChI is InChI=1S/C24H20N2O7S/c1-32-19-13-12-16(14-34(29,30)31)20-21(19)25-22(15-8-4-3-5-9-15)26(23(20)27)18-11-7-6-10-17(18)24(28)33-2/h3-13H,14H2,1-2H3,(H,29,30,31). The van der Waals surface area contributed by atoms with Gasteiger partial charge in [-0.05, 0) is 23.8 Å². The van der Waals surface area contributed by atoms with Gasteiger partial charge in [0.25, 0.3) is 15.7 Å². The molecule has 0 fully saturated rings. The summed E-state index contributed by atoms with van der Waals surface area (Å²) in [4.78, 5) is 31.2. The molecule has 0 aliphatic rings. The minimum Gasteiger partial charge on any atom is -0.494 e. The lowest BCUT2D eigenvalue weighted by atomic mass is 10.1. The first-order chi connectivity index (χ1) is 16.2. The lowest BCUT2D eigenvalue weighted by Gasteiger charge is -2.18.